The van der Waals surface area contributed by atoms with Gasteiger partial charge < -0.3 is 24.2 Å². The Morgan fingerprint density at radius 1 is 1.02 bits per heavy atom. The zero-order valence-electron chi connectivity index (χ0n) is 23.9. The minimum atomic E-state index is -0.787. The number of hydrogen-bond donors (Lipinski definition) is 1. The molecule has 1 N–H and O–H groups in total. The Balaban J connectivity index is 1.54. The number of unbranched alkanes of at least 4 members (excludes halogenated alkanes) is 2. The molecule has 2 heterocycles. The standard InChI is InChI=1S/C34H37NO6/c1-4-5-9-18-40-28-15-12-24(21-29(28)39-3)31-30(32(36)25-13-14-27-26(20-25)19-22(2)41-27)33(37)34(38)35(31)17-16-23-10-7-6-8-11-23/h6-8,10-15,20-22,31,36H,4-5,9,16-19H2,1-3H3/b32-30+. The molecule has 2 aliphatic heterocycles. The van der Waals surface area contributed by atoms with Gasteiger partial charge in [0.1, 0.15) is 17.6 Å². The third-order valence-electron chi connectivity index (χ3n) is 7.70. The predicted molar refractivity (Wildman–Crippen MR) is 157 cm³/mol. The molecule has 3 aromatic rings. The third-order valence-corrected chi connectivity index (χ3v) is 7.70. The van der Waals surface area contributed by atoms with Crippen molar-refractivity contribution in [2.45, 2.75) is 58.1 Å². The van der Waals surface area contributed by atoms with Crippen molar-refractivity contribution in [1.82, 2.24) is 4.90 Å². The van der Waals surface area contributed by atoms with E-state index in [0.29, 0.717) is 48.6 Å². The van der Waals surface area contributed by atoms with Crippen molar-refractivity contribution in [1.29, 1.82) is 0 Å². The van der Waals surface area contributed by atoms with Crippen LogP contribution >= 0.6 is 0 Å². The number of ether oxygens (including phenoxy) is 3. The number of fused-ring (bicyclic) bond motifs is 1. The maximum Gasteiger partial charge on any atom is 0.295 e. The molecule has 1 saturated heterocycles. The highest BCUT2D eigenvalue weighted by molar-refractivity contribution is 6.46. The molecule has 7 nitrogen and oxygen atoms in total. The Kier molecular flexibility index (Phi) is 8.62. The van der Waals surface area contributed by atoms with Gasteiger partial charge in [0, 0.05) is 18.5 Å². The molecule has 214 valence electrons. The zero-order chi connectivity index (χ0) is 28.9. The molecule has 5 rings (SSSR count). The number of ketones is 1. The van der Waals surface area contributed by atoms with Crippen LogP contribution in [-0.4, -0.2) is 48.1 Å². The van der Waals surface area contributed by atoms with E-state index in [4.69, 9.17) is 14.2 Å². The number of aliphatic hydroxyl groups is 1. The second kappa shape index (κ2) is 12.5. The predicted octanol–water partition coefficient (Wildman–Crippen LogP) is 6.25. The molecule has 1 fully saturated rings. The van der Waals surface area contributed by atoms with Crippen molar-refractivity contribution in [2.75, 3.05) is 20.3 Å². The van der Waals surface area contributed by atoms with Gasteiger partial charge in [-0.3, -0.25) is 9.59 Å². The Labute approximate surface area is 241 Å². The highest BCUT2D eigenvalue weighted by atomic mass is 16.5. The highest BCUT2D eigenvalue weighted by Crippen LogP contribution is 2.43. The number of hydrogen-bond acceptors (Lipinski definition) is 6. The van der Waals surface area contributed by atoms with Gasteiger partial charge in [0.2, 0.25) is 0 Å². The monoisotopic (exact) mass is 555 g/mol. The average Bonchev–Trinajstić information content (AvgIpc) is 3.49. The SMILES string of the molecule is CCCCCOc1ccc(C2/C(=C(\O)c3ccc4c(c3)CC(C)O4)C(=O)C(=O)N2CCc2ccccc2)cc1OC. The van der Waals surface area contributed by atoms with E-state index in [1.807, 2.05) is 61.5 Å². The molecular weight excluding hydrogens is 518 g/mol. The minimum Gasteiger partial charge on any atom is -0.507 e. The summed E-state index contributed by atoms with van der Waals surface area (Å²) in [7, 11) is 1.57. The molecule has 0 radical (unpaired) electrons. The van der Waals surface area contributed by atoms with Crippen LogP contribution in [0.3, 0.4) is 0 Å². The first kappa shape index (κ1) is 28.3. The van der Waals surface area contributed by atoms with E-state index in [1.165, 1.54) is 0 Å². The molecule has 41 heavy (non-hydrogen) atoms. The molecule has 2 atom stereocenters. The molecule has 2 aliphatic rings. The van der Waals surface area contributed by atoms with Crippen LogP contribution in [0.15, 0.2) is 72.3 Å². The number of methoxy groups -OCH3 is 1. The largest absolute Gasteiger partial charge is 0.507 e. The Morgan fingerprint density at radius 3 is 2.59 bits per heavy atom. The van der Waals surface area contributed by atoms with Gasteiger partial charge in [0.15, 0.2) is 11.5 Å². The number of Topliss-reactive ketones (excluding diaryl/α,β-unsaturated/α-hetero) is 1. The van der Waals surface area contributed by atoms with Crippen molar-refractivity contribution in [3.8, 4) is 17.2 Å². The number of carbonyl (C=O) groups excluding carboxylic acids is 2. The van der Waals surface area contributed by atoms with Crippen LogP contribution < -0.4 is 14.2 Å². The van der Waals surface area contributed by atoms with E-state index >= 15 is 0 Å². The first-order valence-corrected chi connectivity index (χ1v) is 14.3. The summed E-state index contributed by atoms with van der Waals surface area (Å²) < 4.78 is 17.4. The highest BCUT2D eigenvalue weighted by Gasteiger charge is 2.46. The first-order valence-electron chi connectivity index (χ1n) is 14.3. The van der Waals surface area contributed by atoms with Crippen molar-refractivity contribution in [3.05, 3.63) is 94.6 Å². The van der Waals surface area contributed by atoms with Gasteiger partial charge in [-0.1, -0.05) is 56.2 Å². The maximum absolute atomic E-state index is 13.5. The van der Waals surface area contributed by atoms with Crippen molar-refractivity contribution >= 4 is 17.4 Å². The maximum atomic E-state index is 13.5. The lowest BCUT2D eigenvalue weighted by atomic mass is 9.94. The van der Waals surface area contributed by atoms with Crippen molar-refractivity contribution in [2.24, 2.45) is 0 Å². The number of benzene rings is 3. The number of rotatable bonds is 11. The number of likely N-dealkylation sites (tertiary alicyclic amines) is 1. The van der Waals surface area contributed by atoms with Crippen LogP contribution in [0.25, 0.3) is 5.76 Å². The van der Waals surface area contributed by atoms with Gasteiger partial charge in [-0.05, 0) is 66.8 Å². The average molecular weight is 556 g/mol. The van der Waals surface area contributed by atoms with E-state index in [0.717, 1.165) is 36.1 Å². The number of aliphatic hydroxyl groups excluding tert-OH is 1. The van der Waals surface area contributed by atoms with E-state index in [2.05, 4.69) is 6.92 Å². The Bertz CT molecular complexity index is 1450. The first-order chi connectivity index (χ1) is 19.9. The van der Waals surface area contributed by atoms with E-state index < -0.39 is 17.7 Å². The van der Waals surface area contributed by atoms with Gasteiger partial charge in [-0.2, -0.15) is 0 Å². The summed E-state index contributed by atoms with van der Waals surface area (Å²) in [6, 6.07) is 19.9. The molecule has 1 amide bonds. The topological polar surface area (TPSA) is 85.3 Å². The quantitative estimate of drug-likeness (QED) is 0.130. The molecule has 0 spiro atoms. The van der Waals surface area contributed by atoms with E-state index in [9.17, 15) is 14.7 Å². The summed E-state index contributed by atoms with van der Waals surface area (Å²) in [4.78, 5) is 28.6. The second-order valence-corrected chi connectivity index (χ2v) is 10.6. The normalized spacial score (nSPS) is 19.2. The van der Waals surface area contributed by atoms with Gasteiger partial charge in [-0.25, -0.2) is 0 Å². The van der Waals surface area contributed by atoms with Crippen molar-refractivity contribution in [3.63, 3.8) is 0 Å². The second-order valence-electron chi connectivity index (χ2n) is 10.6. The van der Waals surface area contributed by atoms with Crippen LogP contribution in [0.5, 0.6) is 17.2 Å². The van der Waals surface area contributed by atoms with Crippen LogP contribution in [0, 0.1) is 0 Å². The summed E-state index contributed by atoms with van der Waals surface area (Å²) in [6.45, 7) is 5.01. The van der Waals surface area contributed by atoms with Gasteiger partial charge in [-0.15, -0.1) is 0 Å². The van der Waals surface area contributed by atoms with Crippen LogP contribution in [0.4, 0.5) is 0 Å². The third kappa shape index (κ3) is 5.94. The fourth-order valence-electron chi connectivity index (χ4n) is 5.58. The minimum absolute atomic E-state index is 0.0427. The lowest BCUT2D eigenvalue weighted by molar-refractivity contribution is -0.139. The summed E-state index contributed by atoms with van der Waals surface area (Å²) in [5, 5.41) is 11.6. The lowest BCUT2D eigenvalue weighted by Crippen LogP contribution is -2.31. The Hall–Kier alpha value is -4.26. The fourth-order valence-corrected chi connectivity index (χ4v) is 5.58. The summed E-state index contributed by atoms with van der Waals surface area (Å²) >= 11 is 0. The van der Waals surface area contributed by atoms with Gasteiger partial charge >= 0.3 is 0 Å². The summed E-state index contributed by atoms with van der Waals surface area (Å²) in [6.07, 6.45) is 4.42. The number of nitrogens with zero attached hydrogens (tertiary/aromatic N) is 1. The van der Waals surface area contributed by atoms with Crippen LogP contribution in [0.2, 0.25) is 0 Å². The van der Waals surface area contributed by atoms with Gasteiger partial charge in [0.05, 0.1) is 25.3 Å². The molecule has 3 aromatic carbocycles. The molecule has 0 aromatic heterocycles. The van der Waals surface area contributed by atoms with E-state index in [-0.39, 0.29) is 17.4 Å². The molecule has 7 heteroatoms. The molecule has 0 bridgehead atoms. The number of amides is 1. The molecule has 0 saturated carbocycles. The lowest BCUT2D eigenvalue weighted by Gasteiger charge is -2.26. The smallest absolute Gasteiger partial charge is 0.295 e. The number of carbonyl (C=O) groups is 2. The van der Waals surface area contributed by atoms with E-state index in [1.54, 1.807) is 24.1 Å². The molecule has 2 unspecified atom stereocenters. The summed E-state index contributed by atoms with van der Waals surface area (Å²) in [5.41, 5.74) is 3.22. The molecular formula is C34H37NO6. The van der Waals surface area contributed by atoms with Crippen molar-refractivity contribution < 1.29 is 28.9 Å². The fraction of sp³-hybridized carbons (Fsp3) is 0.353. The van der Waals surface area contributed by atoms with Gasteiger partial charge in [0.25, 0.3) is 11.7 Å². The van der Waals surface area contributed by atoms with Crippen LogP contribution in [0.1, 0.15) is 61.4 Å². The zero-order valence-corrected chi connectivity index (χ0v) is 23.9. The molecule has 0 aliphatic carbocycles. The summed E-state index contributed by atoms with van der Waals surface area (Å²) in [5.74, 6) is 0.344. The van der Waals surface area contributed by atoms with Crippen LogP contribution in [-0.2, 0) is 22.4 Å². The Morgan fingerprint density at radius 2 is 1.83 bits per heavy atom.